The van der Waals surface area contributed by atoms with Crippen molar-refractivity contribution in [3.63, 3.8) is 0 Å². The Morgan fingerprint density at radius 3 is 2.30 bits per heavy atom. The molecule has 6 nitrogen and oxygen atoms in total. The lowest BCUT2D eigenvalue weighted by atomic mass is 10.2. The van der Waals surface area contributed by atoms with E-state index in [1.807, 2.05) is 0 Å². The van der Waals surface area contributed by atoms with Crippen LogP contribution in [0.5, 0.6) is 5.88 Å². The second-order valence-corrected chi connectivity index (χ2v) is 6.86. The Morgan fingerprint density at radius 1 is 1.26 bits per heavy atom. The average Bonchev–Trinajstić information content (AvgIpc) is 2.84. The van der Waals surface area contributed by atoms with Crippen LogP contribution >= 0.6 is 23.2 Å². The topological polar surface area (TPSA) is 74.1 Å². The first-order valence-corrected chi connectivity index (χ1v) is 8.28. The maximum Gasteiger partial charge on any atom is 0.416 e. The smallest absolute Gasteiger partial charge is 0.358 e. The molecule has 0 bridgehead atoms. The van der Waals surface area contributed by atoms with Crippen LogP contribution in [0.1, 0.15) is 12.5 Å². The molecule has 2 aromatic rings. The number of benzene rings is 1. The van der Waals surface area contributed by atoms with Crippen molar-refractivity contribution in [2.75, 3.05) is 5.75 Å². The molecular weight excluding hydrogens is 382 g/mol. The van der Waals surface area contributed by atoms with E-state index >= 15 is 0 Å². The van der Waals surface area contributed by atoms with Gasteiger partial charge in [0.1, 0.15) is 11.9 Å². The van der Waals surface area contributed by atoms with Gasteiger partial charge in [0.15, 0.2) is 0 Å². The third-order valence-electron chi connectivity index (χ3n) is 2.58. The summed E-state index contributed by atoms with van der Waals surface area (Å²) in [4.78, 5) is 0.783. The first kappa shape index (κ1) is 17.8. The monoisotopic (exact) mass is 389 g/mol. The summed E-state index contributed by atoms with van der Waals surface area (Å²) in [5, 5.41) is 6.65. The minimum atomic E-state index is -4.62. The highest BCUT2D eigenvalue weighted by molar-refractivity contribution is 7.87. The van der Waals surface area contributed by atoms with Crippen LogP contribution in [0.2, 0.25) is 10.0 Å². The van der Waals surface area contributed by atoms with Crippen LogP contribution < -0.4 is 4.18 Å². The molecule has 0 fully saturated rings. The molecule has 0 atom stereocenters. The molecule has 0 aliphatic carbocycles. The fraction of sp³-hybridized carbons (Fsp3) is 0.273. The van der Waals surface area contributed by atoms with E-state index in [1.54, 1.807) is 0 Å². The number of alkyl halides is 3. The van der Waals surface area contributed by atoms with Crippen molar-refractivity contribution in [2.24, 2.45) is 0 Å². The normalized spacial score (nSPS) is 12.4. The SMILES string of the molecule is CCS(=O)(=O)Oc1cnn(-c2c(Cl)cc(C(F)(F)F)cc2Cl)n1. The highest BCUT2D eigenvalue weighted by Gasteiger charge is 2.32. The Hall–Kier alpha value is -1.52. The molecule has 0 amide bonds. The van der Waals surface area contributed by atoms with E-state index in [1.165, 1.54) is 6.92 Å². The molecule has 0 N–H and O–H groups in total. The molecule has 1 aromatic heterocycles. The first-order valence-electron chi connectivity index (χ1n) is 5.94. The Balaban J connectivity index is 2.42. The lowest BCUT2D eigenvalue weighted by molar-refractivity contribution is -0.137. The Morgan fingerprint density at radius 2 is 1.83 bits per heavy atom. The number of hydrogen-bond donors (Lipinski definition) is 0. The van der Waals surface area contributed by atoms with Gasteiger partial charge in [-0.15, -0.1) is 9.90 Å². The highest BCUT2D eigenvalue weighted by Crippen LogP contribution is 2.37. The molecule has 0 saturated heterocycles. The summed E-state index contributed by atoms with van der Waals surface area (Å²) in [5.74, 6) is -0.652. The molecule has 0 unspecified atom stereocenters. The van der Waals surface area contributed by atoms with Gasteiger partial charge in [0.05, 0.1) is 21.4 Å². The predicted octanol–water partition coefficient (Wildman–Crippen LogP) is 3.32. The van der Waals surface area contributed by atoms with Crippen LogP contribution in [0.4, 0.5) is 13.2 Å². The van der Waals surface area contributed by atoms with Crippen molar-refractivity contribution in [3.05, 3.63) is 33.9 Å². The van der Waals surface area contributed by atoms with E-state index < -0.39 is 21.9 Å². The highest BCUT2D eigenvalue weighted by atomic mass is 35.5. The average molecular weight is 390 g/mol. The van der Waals surface area contributed by atoms with Gasteiger partial charge < -0.3 is 4.18 Å². The van der Waals surface area contributed by atoms with E-state index in [0.29, 0.717) is 12.1 Å². The fourth-order valence-electron chi connectivity index (χ4n) is 1.50. The van der Waals surface area contributed by atoms with Gasteiger partial charge in [0.25, 0.3) is 5.88 Å². The Kier molecular flexibility index (Phi) is 4.79. The van der Waals surface area contributed by atoms with Crippen molar-refractivity contribution in [3.8, 4) is 11.6 Å². The Labute approximate surface area is 138 Å². The summed E-state index contributed by atoms with van der Waals surface area (Å²) in [6.07, 6.45) is -3.65. The van der Waals surface area contributed by atoms with Crippen LogP contribution in [0.25, 0.3) is 5.69 Å². The van der Waals surface area contributed by atoms with E-state index in [9.17, 15) is 21.6 Å². The van der Waals surface area contributed by atoms with E-state index in [-0.39, 0.29) is 27.4 Å². The van der Waals surface area contributed by atoms with E-state index in [2.05, 4.69) is 14.4 Å². The van der Waals surface area contributed by atoms with Crippen molar-refractivity contribution in [1.29, 1.82) is 0 Å². The zero-order valence-electron chi connectivity index (χ0n) is 11.3. The maximum absolute atomic E-state index is 12.7. The summed E-state index contributed by atoms with van der Waals surface area (Å²) in [5.41, 5.74) is -1.17. The van der Waals surface area contributed by atoms with Crippen LogP contribution in [-0.2, 0) is 16.3 Å². The molecule has 12 heteroatoms. The summed E-state index contributed by atoms with van der Waals surface area (Å²) in [7, 11) is -3.82. The molecule has 126 valence electrons. The van der Waals surface area contributed by atoms with Gasteiger partial charge in [0, 0.05) is 0 Å². The molecule has 0 spiro atoms. The lowest BCUT2D eigenvalue weighted by Crippen LogP contribution is -2.12. The quantitative estimate of drug-likeness (QED) is 0.749. The molecule has 1 heterocycles. The van der Waals surface area contributed by atoms with Crippen LogP contribution in [0.15, 0.2) is 18.3 Å². The summed E-state index contributed by atoms with van der Waals surface area (Å²) < 4.78 is 65.3. The predicted molar refractivity (Wildman–Crippen MR) is 76.5 cm³/mol. The molecule has 2 rings (SSSR count). The minimum absolute atomic E-state index is 0.134. The molecule has 23 heavy (non-hydrogen) atoms. The van der Waals surface area contributed by atoms with Crippen LogP contribution in [0, 0.1) is 0 Å². The second kappa shape index (κ2) is 6.17. The van der Waals surface area contributed by atoms with Gasteiger partial charge >= 0.3 is 16.3 Å². The third-order valence-corrected chi connectivity index (χ3v) is 4.29. The lowest BCUT2D eigenvalue weighted by Gasteiger charge is -2.11. The van der Waals surface area contributed by atoms with Gasteiger partial charge in [-0.1, -0.05) is 23.2 Å². The number of nitrogens with zero attached hydrogens (tertiary/aromatic N) is 3. The Bertz CT molecular complexity index is 814. The molecule has 0 aliphatic rings. The van der Waals surface area contributed by atoms with Crippen molar-refractivity contribution >= 4 is 33.3 Å². The zero-order chi connectivity index (χ0) is 17.4. The summed E-state index contributed by atoms with van der Waals surface area (Å²) in [6.45, 7) is 1.36. The molecular formula is C11H8Cl2F3N3O3S. The molecule has 0 saturated carbocycles. The van der Waals surface area contributed by atoms with Crippen molar-refractivity contribution in [1.82, 2.24) is 15.0 Å². The second-order valence-electron chi connectivity index (χ2n) is 4.19. The van der Waals surface area contributed by atoms with E-state index in [0.717, 1.165) is 11.0 Å². The maximum atomic E-state index is 12.7. The van der Waals surface area contributed by atoms with Gasteiger partial charge in [-0.25, -0.2) is 0 Å². The zero-order valence-corrected chi connectivity index (χ0v) is 13.6. The number of hydrogen-bond acceptors (Lipinski definition) is 5. The van der Waals surface area contributed by atoms with Crippen molar-refractivity contribution in [2.45, 2.75) is 13.1 Å². The number of halogens is 5. The van der Waals surface area contributed by atoms with Gasteiger partial charge in [0.2, 0.25) is 0 Å². The standard InChI is InChI=1S/C11H8Cl2F3N3O3S/c1-2-23(20,21)22-9-5-17-19(18-9)10-7(12)3-6(4-8(10)13)11(14,15)16/h3-5H,2H2,1H3. The minimum Gasteiger partial charge on any atom is -0.358 e. The summed E-state index contributed by atoms with van der Waals surface area (Å²) >= 11 is 11.6. The number of rotatable bonds is 4. The third kappa shape index (κ3) is 4.06. The van der Waals surface area contributed by atoms with Crippen molar-refractivity contribution < 1.29 is 25.8 Å². The summed E-state index contributed by atoms with van der Waals surface area (Å²) in [6, 6.07) is 1.32. The van der Waals surface area contributed by atoms with E-state index in [4.69, 9.17) is 23.2 Å². The van der Waals surface area contributed by atoms with Crippen LogP contribution in [0.3, 0.4) is 0 Å². The van der Waals surface area contributed by atoms with Gasteiger partial charge in [-0.3, -0.25) is 0 Å². The van der Waals surface area contributed by atoms with Gasteiger partial charge in [-0.2, -0.15) is 26.7 Å². The van der Waals surface area contributed by atoms with Gasteiger partial charge in [-0.05, 0) is 19.1 Å². The largest absolute Gasteiger partial charge is 0.416 e. The number of aromatic nitrogens is 3. The molecule has 0 radical (unpaired) electrons. The fourth-order valence-corrected chi connectivity index (χ4v) is 2.60. The van der Waals surface area contributed by atoms with Crippen LogP contribution in [-0.4, -0.2) is 29.2 Å². The first-order chi connectivity index (χ1) is 10.5. The molecule has 0 aliphatic heterocycles. The molecule has 1 aromatic carbocycles.